The normalized spacial score (nSPS) is 11.6. The molecule has 2 aromatic heterocycles. The maximum absolute atomic E-state index is 5.71. The number of thioether (sulfide) groups is 1. The third-order valence-corrected chi connectivity index (χ3v) is 5.54. The highest BCUT2D eigenvalue weighted by molar-refractivity contribution is 7.99. The molecule has 0 aliphatic heterocycles. The van der Waals surface area contributed by atoms with E-state index in [0.717, 1.165) is 17.0 Å². The Morgan fingerprint density at radius 2 is 1.49 bits per heavy atom. The summed E-state index contributed by atoms with van der Waals surface area (Å²) in [5.74, 6) is 1.64. The fraction of sp³-hybridized carbons (Fsp3) is 0.583. The Balaban J connectivity index is 1.16. The fourth-order valence-corrected chi connectivity index (χ4v) is 3.49. The molecule has 0 amide bonds. The van der Waals surface area contributed by atoms with Crippen molar-refractivity contribution in [3.63, 3.8) is 0 Å². The molecule has 35 heavy (non-hydrogen) atoms. The van der Waals surface area contributed by atoms with Crippen LogP contribution in [-0.4, -0.2) is 76.7 Å². The molecule has 1 aromatic carbocycles. The zero-order chi connectivity index (χ0) is 24.9. The van der Waals surface area contributed by atoms with Crippen LogP contribution in [0.5, 0.6) is 5.75 Å². The quantitative estimate of drug-likeness (QED) is 0.197. The van der Waals surface area contributed by atoms with Gasteiger partial charge in [-0.25, -0.2) is 4.68 Å². The Labute approximate surface area is 210 Å². The third-order valence-electron chi connectivity index (χ3n) is 4.70. The molecule has 0 aliphatic carbocycles. The molecule has 0 atom stereocenters. The molecular weight excluding hydrogens is 470 g/mol. The van der Waals surface area contributed by atoms with Crippen LogP contribution in [0.25, 0.3) is 11.5 Å². The summed E-state index contributed by atoms with van der Waals surface area (Å²) in [5, 5.41) is 17.3. The van der Waals surface area contributed by atoms with E-state index in [1.165, 1.54) is 0 Å². The minimum Gasteiger partial charge on any atom is -0.491 e. The summed E-state index contributed by atoms with van der Waals surface area (Å²) in [6, 6.07) is 7.56. The van der Waals surface area contributed by atoms with E-state index < -0.39 is 0 Å². The molecule has 0 radical (unpaired) electrons. The van der Waals surface area contributed by atoms with Gasteiger partial charge in [-0.3, -0.25) is 0 Å². The highest BCUT2D eigenvalue weighted by Crippen LogP contribution is 2.26. The minimum absolute atomic E-state index is 0.379. The van der Waals surface area contributed by atoms with Crippen LogP contribution < -0.4 is 4.74 Å². The summed E-state index contributed by atoms with van der Waals surface area (Å²) >= 11 is 1.54. The van der Waals surface area contributed by atoms with Gasteiger partial charge in [0.1, 0.15) is 12.4 Å². The zero-order valence-electron chi connectivity index (χ0n) is 20.9. The van der Waals surface area contributed by atoms with Crippen LogP contribution in [0.15, 0.2) is 40.1 Å². The molecule has 2 heterocycles. The van der Waals surface area contributed by atoms with Crippen LogP contribution in [0, 0.1) is 0 Å². The van der Waals surface area contributed by atoms with Gasteiger partial charge in [0.05, 0.1) is 51.9 Å². The summed E-state index contributed by atoms with van der Waals surface area (Å²) in [5.41, 5.74) is 1.85. The van der Waals surface area contributed by atoms with E-state index in [1.54, 1.807) is 16.4 Å². The smallest absolute Gasteiger partial charge is 0.277 e. The number of rotatable bonds is 17. The highest BCUT2D eigenvalue weighted by atomic mass is 32.2. The largest absolute Gasteiger partial charge is 0.491 e. The summed E-state index contributed by atoms with van der Waals surface area (Å²) in [7, 11) is 0. The predicted molar refractivity (Wildman–Crippen MR) is 133 cm³/mol. The fourth-order valence-electron chi connectivity index (χ4n) is 2.88. The van der Waals surface area contributed by atoms with Gasteiger partial charge in [0.25, 0.3) is 5.22 Å². The van der Waals surface area contributed by atoms with Gasteiger partial charge >= 0.3 is 0 Å². The second kappa shape index (κ2) is 14.8. The monoisotopic (exact) mass is 505 g/mol. The maximum Gasteiger partial charge on any atom is 0.277 e. The molecular formula is C24H35N5O5S. The first-order chi connectivity index (χ1) is 17.0. The van der Waals surface area contributed by atoms with Crippen molar-refractivity contribution in [3.05, 3.63) is 36.2 Å². The first-order valence-corrected chi connectivity index (χ1v) is 12.8. The molecule has 3 rings (SSSR count). The average Bonchev–Trinajstić information content (AvgIpc) is 3.50. The molecule has 0 spiro atoms. The van der Waals surface area contributed by atoms with Crippen molar-refractivity contribution >= 4 is 11.8 Å². The number of hydrogen-bond donors (Lipinski definition) is 0. The Kier molecular flexibility index (Phi) is 11.5. The lowest BCUT2D eigenvalue weighted by Gasteiger charge is -2.08. The van der Waals surface area contributed by atoms with E-state index >= 15 is 0 Å². The average molecular weight is 506 g/mol. The van der Waals surface area contributed by atoms with Gasteiger partial charge < -0.3 is 23.4 Å². The number of aromatic nitrogens is 5. The Bertz CT molecular complexity index is 977. The van der Waals surface area contributed by atoms with Gasteiger partial charge in [0, 0.05) is 17.0 Å². The van der Waals surface area contributed by atoms with Gasteiger partial charge in [-0.05, 0) is 30.2 Å². The molecule has 0 unspecified atom stereocenters. The summed E-state index contributed by atoms with van der Waals surface area (Å²) < 4.78 is 29.8. The van der Waals surface area contributed by atoms with Crippen molar-refractivity contribution < 1.29 is 23.4 Å². The Morgan fingerprint density at radius 1 is 0.829 bits per heavy atom. The van der Waals surface area contributed by atoms with E-state index in [1.807, 2.05) is 30.5 Å². The molecule has 3 aromatic rings. The molecule has 0 N–H and O–H groups in total. The zero-order valence-corrected chi connectivity index (χ0v) is 21.7. The first-order valence-electron chi connectivity index (χ1n) is 11.9. The van der Waals surface area contributed by atoms with Gasteiger partial charge in [0.15, 0.2) is 0 Å². The number of benzene rings is 1. The lowest BCUT2D eigenvalue weighted by molar-refractivity contribution is 0.00781. The molecule has 0 saturated carbocycles. The second-order valence-corrected chi connectivity index (χ2v) is 9.84. The number of hydrogen-bond acceptors (Lipinski definition) is 10. The lowest BCUT2D eigenvalue weighted by atomic mass is 10.2. The number of ether oxygens (including phenoxy) is 4. The van der Waals surface area contributed by atoms with Gasteiger partial charge in [-0.15, -0.1) is 15.3 Å². The van der Waals surface area contributed by atoms with Crippen LogP contribution in [0.2, 0.25) is 0 Å². The van der Waals surface area contributed by atoms with Gasteiger partial charge in [-0.1, -0.05) is 44.7 Å². The third kappa shape index (κ3) is 9.96. The van der Waals surface area contributed by atoms with Crippen molar-refractivity contribution in [1.29, 1.82) is 0 Å². The van der Waals surface area contributed by atoms with Crippen molar-refractivity contribution in [3.8, 4) is 17.2 Å². The minimum atomic E-state index is 0.379. The van der Waals surface area contributed by atoms with E-state index in [0.29, 0.717) is 75.1 Å². The van der Waals surface area contributed by atoms with Crippen molar-refractivity contribution in [1.82, 2.24) is 25.2 Å². The van der Waals surface area contributed by atoms with E-state index in [4.69, 9.17) is 23.4 Å². The molecule has 0 fully saturated rings. The molecule has 192 valence electrons. The molecule has 11 heteroatoms. The van der Waals surface area contributed by atoms with Crippen molar-refractivity contribution in [2.45, 2.75) is 50.6 Å². The SMILES string of the molecule is CC(C)Sc1nnc(-c2ccc(OCCOCCOCCOCCn3cc(C(C)C)nn3)cc2)o1. The number of nitrogens with zero attached hydrogens (tertiary/aromatic N) is 5. The second-order valence-electron chi connectivity index (χ2n) is 8.31. The van der Waals surface area contributed by atoms with Crippen LogP contribution in [0.3, 0.4) is 0 Å². The van der Waals surface area contributed by atoms with Crippen LogP contribution in [-0.2, 0) is 20.8 Å². The van der Waals surface area contributed by atoms with Crippen molar-refractivity contribution in [2.75, 3.05) is 46.2 Å². The highest BCUT2D eigenvalue weighted by Gasteiger charge is 2.10. The summed E-state index contributed by atoms with van der Waals surface area (Å²) in [6.45, 7) is 12.6. The van der Waals surface area contributed by atoms with Gasteiger partial charge in [0.2, 0.25) is 5.89 Å². The van der Waals surface area contributed by atoms with E-state index in [9.17, 15) is 0 Å². The van der Waals surface area contributed by atoms with Crippen LogP contribution in [0.1, 0.15) is 39.3 Å². The molecule has 0 saturated heterocycles. The topological polar surface area (TPSA) is 107 Å². The first kappa shape index (κ1) is 27.1. The molecule has 10 nitrogen and oxygen atoms in total. The summed E-state index contributed by atoms with van der Waals surface area (Å²) in [4.78, 5) is 0. The predicted octanol–water partition coefficient (Wildman–Crippen LogP) is 4.08. The summed E-state index contributed by atoms with van der Waals surface area (Å²) in [6.07, 6.45) is 1.96. The van der Waals surface area contributed by atoms with E-state index in [-0.39, 0.29) is 0 Å². The van der Waals surface area contributed by atoms with Crippen LogP contribution in [0.4, 0.5) is 0 Å². The Hall–Kier alpha value is -2.47. The van der Waals surface area contributed by atoms with E-state index in [2.05, 4.69) is 48.2 Å². The molecule has 0 aliphatic rings. The van der Waals surface area contributed by atoms with Gasteiger partial charge in [-0.2, -0.15) is 0 Å². The molecule has 0 bridgehead atoms. The van der Waals surface area contributed by atoms with Crippen LogP contribution >= 0.6 is 11.8 Å². The standard InChI is InChI=1S/C24H35N5O5S/c1-18(2)22-17-29(28-25-22)9-10-30-11-12-31-13-14-32-15-16-33-21-7-5-20(6-8-21)23-26-27-24(34-23)35-19(3)4/h5-8,17-19H,9-16H2,1-4H3. The lowest BCUT2D eigenvalue weighted by Crippen LogP contribution is -2.14. The Morgan fingerprint density at radius 3 is 2.11 bits per heavy atom. The maximum atomic E-state index is 5.71. The van der Waals surface area contributed by atoms with Crippen molar-refractivity contribution in [2.24, 2.45) is 0 Å².